The molecule has 2 amide bonds. The Labute approximate surface area is 335 Å². The summed E-state index contributed by atoms with van der Waals surface area (Å²) < 4.78 is 74.4. The number of urea groups is 1. The number of methoxy groups -OCH3 is 2. The van der Waals surface area contributed by atoms with Crippen molar-refractivity contribution in [2.24, 2.45) is 20.5 Å². The fourth-order valence-electron chi connectivity index (χ4n) is 4.18. The molecule has 4 aromatic rings. The molecular weight excluding hydrogens is 805 g/mol. The molecule has 0 radical (unpaired) electrons. The molecule has 21 nitrogen and oxygen atoms in total. The van der Waals surface area contributed by atoms with Crippen LogP contribution < -0.4 is 30.7 Å². The van der Waals surface area contributed by atoms with Crippen LogP contribution >= 0.6 is 0 Å². The molecule has 58 heavy (non-hydrogen) atoms. The molecule has 10 N–H and O–H groups in total. The van der Waals surface area contributed by atoms with Crippen LogP contribution in [0.1, 0.15) is 0 Å². The standard InChI is InChI=1S/C27H24N6O9S2.2C4H11NO2/c1-41-25-15-19(32-30-17-5-3-7-21(13-17)43(35,36)37)9-11-23(25)28-27(34)29-24-12-10-20(16-26(24)42-2)33-31-18-6-4-8-22(14-18)44(38,39)40;2*6-3-1-5-2-4-7/h3-16H,1-2H3,(H2,28,29,34)(H,35,36,37)(H,38,39,40);2*5-7H,1-4H2. The van der Waals surface area contributed by atoms with E-state index in [0.717, 1.165) is 12.1 Å². The lowest BCUT2D eigenvalue weighted by Gasteiger charge is -2.13. The third-order valence-corrected chi connectivity index (χ3v) is 8.51. The molecule has 0 aliphatic heterocycles. The van der Waals surface area contributed by atoms with Crippen molar-refractivity contribution in [1.29, 1.82) is 0 Å². The highest BCUT2D eigenvalue weighted by molar-refractivity contribution is 7.86. The molecule has 0 aliphatic carbocycles. The number of hydrogen-bond acceptors (Lipinski definition) is 17. The summed E-state index contributed by atoms with van der Waals surface area (Å²) in [7, 11) is -6.00. The molecule has 0 aliphatic rings. The number of benzene rings is 4. The van der Waals surface area contributed by atoms with Crippen LogP contribution in [0.25, 0.3) is 0 Å². The Morgan fingerprint density at radius 2 is 0.862 bits per heavy atom. The number of rotatable bonds is 18. The molecule has 0 saturated heterocycles. The van der Waals surface area contributed by atoms with Gasteiger partial charge < -0.3 is 51.2 Å². The van der Waals surface area contributed by atoms with Gasteiger partial charge in [-0.3, -0.25) is 9.11 Å². The lowest BCUT2D eigenvalue weighted by Crippen LogP contribution is -2.21. The number of carbonyl (C=O) groups excluding carboxylic acids is 1. The Bertz CT molecular complexity index is 2020. The van der Waals surface area contributed by atoms with Crippen molar-refractivity contribution >= 4 is 60.4 Å². The second-order valence-corrected chi connectivity index (χ2v) is 13.9. The zero-order chi connectivity index (χ0) is 43.0. The molecule has 0 aromatic heterocycles. The van der Waals surface area contributed by atoms with Gasteiger partial charge in [-0.05, 0) is 60.7 Å². The molecule has 0 bridgehead atoms. The summed E-state index contributed by atoms with van der Waals surface area (Å²) in [5, 5.41) is 59.5. The predicted octanol–water partition coefficient (Wildman–Crippen LogP) is 3.79. The van der Waals surface area contributed by atoms with E-state index in [9.17, 15) is 30.7 Å². The number of nitrogens with one attached hydrogen (secondary N) is 4. The number of anilines is 2. The molecule has 316 valence electrons. The van der Waals surface area contributed by atoms with Gasteiger partial charge in [0.25, 0.3) is 20.2 Å². The summed E-state index contributed by atoms with van der Waals surface area (Å²) in [6.45, 7) is 2.84. The van der Waals surface area contributed by atoms with Gasteiger partial charge in [0.1, 0.15) is 11.5 Å². The van der Waals surface area contributed by atoms with E-state index in [1.165, 1.54) is 74.9 Å². The molecule has 0 fully saturated rings. The summed E-state index contributed by atoms with van der Waals surface area (Å²) in [4.78, 5) is 12.1. The van der Waals surface area contributed by atoms with E-state index in [1.54, 1.807) is 12.1 Å². The first-order valence-electron chi connectivity index (χ1n) is 17.0. The minimum Gasteiger partial charge on any atom is -0.494 e. The normalized spacial score (nSPS) is 11.3. The highest BCUT2D eigenvalue weighted by Gasteiger charge is 2.13. The number of hydrogen-bond donors (Lipinski definition) is 10. The smallest absolute Gasteiger partial charge is 0.323 e. The van der Waals surface area contributed by atoms with E-state index in [-0.39, 0.29) is 59.1 Å². The third-order valence-electron chi connectivity index (χ3n) is 6.81. The predicted molar refractivity (Wildman–Crippen MR) is 214 cm³/mol. The zero-order valence-electron chi connectivity index (χ0n) is 31.4. The highest BCUT2D eigenvalue weighted by Crippen LogP contribution is 2.33. The van der Waals surface area contributed by atoms with Crippen LogP contribution in [0.3, 0.4) is 0 Å². The van der Waals surface area contributed by atoms with Crippen molar-refractivity contribution in [2.75, 3.05) is 77.5 Å². The molecule has 0 heterocycles. The van der Waals surface area contributed by atoms with Crippen molar-refractivity contribution in [1.82, 2.24) is 10.6 Å². The number of nitrogens with zero attached hydrogens (tertiary/aromatic N) is 4. The van der Waals surface area contributed by atoms with Crippen molar-refractivity contribution < 1.29 is 60.6 Å². The molecule has 0 saturated carbocycles. The topological polar surface area (TPSA) is 323 Å². The quantitative estimate of drug-likeness (QED) is 0.0387. The minimum absolute atomic E-state index is 0.139. The molecule has 4 rings (SSSR count). The summed E-state index contributed by atoms with van der Waals surface area (Å²) in [5.41, 5.74) is 1.65. The van der Waals surface area contributed by atoms with Crippen molar-refractivity contribution in [3.05, 3.63) is 84.9 Å². The molecule has 0 unspecified atom stereocenters. The highest BCUT2D eigenvalue weighted by atomic mass is 32.2. The van der Waals surface area contributed by atoms with Gasteiger partial charge in [0.2, 0.25) is 0 Å². The van der Waals surface area contributed by atoms with E-state index in [0.29, 0.717) is 48.9 Å². The van der Waals surface area contributed by atoms with Crippen molar-refractivity contribution in [2.45, 2.75) is 9.79 Å². The largest absolute Gasteiger partial charge is 0.494 e. The van der Waals surface area contributed by atoms with Gasteiger partial charge in [-0.1, -0.05) is 12.1 Å². The second-order valence-electron chi connectivity index (χ2n) is 11.1. The number of aliphatic hydroxyl groups excluding tert-OH is 4. The van der Waals surface area contributed by atoms with Crippen LogP contribution in [0.5, 0.6) is 11.5 Å². The van der Waals surface area contributed by atoms with Gasteiger partial charge in [0.15, 0.2) is 0 Å². The average Bonchev–Trinajstić information content (AvgIpc) is 3.20. The first-order valence-corrected chi connectivity index (χ1v) is 19.8. The van der Waals surface area contributed by atoms with Crippen LogP contribution in [-0.4, -0.2) is 119 Å². The maximum Gasteiger partial charge on any atom is 0.323 e. The zero-order valence-corrected chi connectivity index (χ0v) is 33.0. The SMILES string of the molecule is COc1cc(N=Nc2cccc(S(=O)(=O)O)c2)ccc1NC(=O)Nc1ccc(N=Nc2cccc(S(=O)(=O)O)c2)cc1OC.OCCNCCO.OCCNCCO. The molecular formula is C35H46N8O13S2. The maximum absolute atomic E-state index is 12.8. The lowest BCUT2D eigenvalue weighted by atomic mass is 10.2. The summed E-state index contributed by atoms with van der Waals surface area (Å²) >= 11 is 0. The van der Waals surface area contributed by atoms with Gasteiger partial charge in [0.05, 0.1) is 84.6 Å². The summed E-state index contributed by atoms with van der Waals surface area (Å²) in [6, 6.07) is 19.1. The van der Waals surface area contributed by atoms with Crippen LogP contribution in [0.4, 0.5) is 38.9 Å². The number of aliphatic hydroxyl groups is 4. The van der Waals surface area contributed by atoms with Gasteiger partial charge in [0, 0.05) is 38.3 Å². The van der Waals surface area contributed by atoms with Crippen molar-refractivity contribution in [3.63, 3.8) is 0 Å². The Kier molecular flexibility index (Phi) is 21.6. The van der Waals surface area contributed by atoms with Gasteiger partial charge in [-0.2, -0.15) is 37.3 Å². The lowest BCUT2D eigenvalue weighted by molar-refractivity contribution is 0.261. The molecule has 0 atom stereocenters. The monoisotopic (exact) mass is 850 g/mol. The van der Waals surface area contributed by atoms with E-state index in [4.69, 9.17) is 29.9 Å². The summed E-state index contributed by atoms with van der Waals surface area (Å²) in [5.74, 6) is 0.508. The van der Waals surface area contributed by atoms with Gasteiger partial charge >= 0.3 is 6.03 Å². The van der Waals surface area contributed by atoms with E-state index < -0.39 is 26.3 Å². The fraction of sp³-hybridized carbons (Fsp3) is 0.286. The first kappa shape index (κ1) is 48.7. The van der Waals surface area contributed by atoms with Crippen LogP contribution in [-0.2, 0) is 20.2 Å². The van der Waals surface area contributed by atoms with E-state index in [2.05, 4.69) is 41.7 Å². The number of ether oxygens (including phenoxy) is 2. The first-order chi connectivity index (χ1) is 27.7. The van der Waals surface area contributed by atoms with Gasteiger partial charge in [-0.25, -0.2) is 4.79 Å². The average molecular weight is 851 g/mol. The van der Waals surface area contributed by atoms with E-state index in [1.807, 2.05) is 0 Å². The Morgan fingerprint density at radius 1 is 0.534 bits per heavy atom. The fourth-order valence-corrected chi connectivity index (χ4v) is 5.22. The molecule has 0 spiro atoms. The Balaban J connectivity index is 0.000000707. The number of amides is 2. The Morgan fingerprint density at radius 3 is 1.16 bits per heavy atom. The van der Waals surface area contributed by atoms with E-state index >= 15 is 0 Å². The second kappa shape index (κ2) is 25.7. The number of azo groups is 2. The van der Waals surface area contributed by atoms with Crippen LogP contribution in [0, 0.1) is 0 Å². The number of carbonyl (C=O) groups is 1. The minimum atomic E-state index is -4.39. The van der Waals surface area contributed by atoms with Crippen molar-refractivity contribution in [3.8, 4) is 11.5 Å². The molecule has 4 aromatic carbocycles. The maximum atomic E-state index is 12.8. The third kappa shape index (κ3) is 18.2. The summed E-state index contributed by atoms with van der Waals surface area (Å²) in [6.07, 6.45) is 0. The van der Waals surface area contributed by atoms with Gasteiger partial charge in [-0.15, -0.1) is 0 Å². The Hall–Kier alpha value is -5.47. The van der Waals surface area contributed by atoms with Crippen LogP contribution in [0.15, 0.2) is 115 Å². The van der Waals surface area contributed by atoms with Crippen LogP contribution in [0.2, 0.25) is 0 Å². The molecule has 23 heteroatoms.